The van der Waals surface area contributed by atoms with Crippen molar-refractivity contribution < 1.29 is 13.2 Å². The minimum absolute atomic E-state index is 0.133. The van der Waals surface area contributed by atoms with E-state index < -0.39 is 10.0 Å². The highest BCUT2D eigenvalue weighted by Crippen LogP contribution is 2.16. The molecular weight excluding hydrogens is 314 g/mol. The van der Waals surface area contributed by atoms with Gasteiger partial charge >= 0.3 is 6.03 Å². The van der Waals surface area contributed by atoms with Crippen molar-refractivity contribution in [2.24, 2.45) is 0 Å². The van der Waals surface area contributed by atoms with Gasteiger partial charge in [-0.2, -0.15) is 4.31 Å². The lowest BCUT2D eigenvalue weighted by Gasteiger charge is -2.19. The number of carbonyl (C=O) groups excluding carboxylic acids is 1. The van der Waals surface area contributed by atoms with Crippen LogP contribution in [-0.4, -0.2) is 50.3 Å². The van der Waals surface area contributed by atoms with Crippen LogP contribution in [0.1, 0.15) is 32.8 Å². The molecule has 0 heterocycles. The van der Waals surface area contributed by atoms with Gasteiger partial charge in [0.15, 0.2) is 0 Å². The van der Waals surface area contributed by atoms with Crippen molar-refractivity contribution in [1.82, 2.24) is 14.5 Å². The van der Waals surface area contributed by atoms with Crippen molar-refractivity contribution >= 4 is 16.1 Å². The van der Waals surface area contributed by atoms with Crippen molar-refractivity contribution in [3.8, 4) is 0 Å². The highest BCUT2D eigenvalue weighted by molar-refractivity contribution is 7.89. The number of hydrogen-bond acceptors (Lipinski definition) is 3. The highest BCUT2D eigenvalue weighted by atomic mass is 32.2. The van der Waals surface area contributed by atoms with Gasteiger partial charge in [0, 0.05) is 33.2 Å². The van der Waals surface area contributed by atoms with Crippen molar-refractivity contribution in [2.75, 3.05) is 26.7 Å². The Bertz CT molecular complexity index is 596. The van der Waals surface area contributed by atoms with Gasteiger partial charge in [0.05, 0.1) is 4.90 Å². The van der Waals surface area contributed by atoms with Crippen molar-refractivity contribution in [2.45, 2.75) is 38.6 Å². The summed E-state index contributed by atoms with van der Waals surface area (Å²) in [5, 5.41) is 2.81. The fourth-order valence-corrected chi connectivity index (χ4v) is 3.70. The lowest BCUT2D eigenvalue weighted by molar-refractivity contribution is 0.208. The molecule has 6 nitrogen and oxygen atoms in total. The fourth-order valence-electron chi connectivity index (χ4n) is 2.24. The van der Waals surface area contributed by atoms with Gasteiger partial charge in [0.25, 0.3) is 0 Å². The zero-order valence-corrected chi connectivity index (χ0v) is 15.2. The molecule has 2 amide bonds. The number of nitrogens with one attached hydrogen (secondary N) is 1. The predicted octanol–water partition coefficient (Wildman–Crippen LogP) is 2.27. The van der Waals surface area contributed by atoms with Crippen molar-refractivity contribution in [3.05, 3.63) is 29.8 Å². The van der Waals surface area contributed by atoms with Crippen LogP contribution in [0.3, 0.4) is 0 Å². The number of urea groups is 1. The standard InChI is InChI=1S/C16H27N3O3S/c1-5-12-18(4)16(20)17-13-14-8-10-15(11-9-14)23(21,22)19(6-2)7-3/h8-11H,5-7,12-13H2,1-4H3,(H,17,20). The van der Waals surface area contributed by atoms with Crippen LogP contribution in [0.25, 0.3) is 0 Å². The number of nitrogens with zero attached hydrogens (tertiary/aromatic N) is 2. The largest absolute Gasteiger partial charge is 0.334 e. The van der Waals surface area contributed by atoms with Gasteiger partial charge in [-0.05, 0) is 24.1 Å². The second kappa shape index (κ2) is 8.88. The maximum absolute atomic E-state index is 12.4. The first kappa shape index (κ1) is 19.4. The van der Waals surface area contributed by atoms with Crippen LogP contribution in [0.4, 0.5) is 4.79 Å². The predicted molar refractivity (Wildman–Crippen MR) is 91.7 cm³/mol. The van der Waals surface area contributed by atoms with E-state index in [2.05, 4.69) is 5.32 Å². The lowest BCUT2D eigenvalue weighted by atomic mass is 10.2. The maximum atomic E-state index is 12.4. The Balaban J connectivity index is 2.72. The summed E-state index contributed by atoms with van der Waals surface area (Å²) in [7, 11) is -1.68. The van der Waals surface area contributed by atoms with E-state index in [0.29, 0.717) is 26.2 Å². The molecule has 0 saturated carbocycles. The Morgan fingerprint density at radius 1 is 1.09 bits per heavy atom. The maximum Gasteiger partial charge on any atom is 0.317 e. The molecule has 0 aliphatic heterocycles. The lowest BCUT2D eigenvalue weighted by Crippen LogP contribution is -2.37. The van der Waals surface area contributed by atoms with Crippen LogP contribution < -0.4 is 5.32 Å². The van der Waals surface area contributed by atoms with E-state index in [4.69, 9.17) is 0 Å². The Kier molecular flexibility index (Phi) is 7.51. The SMILES string of the molecule is CCCN(C)C(=O)NCc1ccc(S(=O)(=O)N(CC)CC)cc1. The molecule has 0 unspecified atom stereocenters. The molecule has 1 aromatic carbocycles. The number of sulfonamides is 1. The van der Waals surface area contributed by atoms with E-state index in [0.717, 1.165) is 12.0 Å². The van der Waals surface area contributed by atoms with E-state index in [1.807, 2.05) is 20.8 Å². The van der Waals surface area contributed by atoms with Gasteiger partial charge in [0.2, 0.25) is 10.0 Å². The third-order valence-electron chi connectivity index (χ3n) is 3.62. The van der Waals surface area contributed by atoms with Gasteiger partial charge in [-0.25, -0.2) is 13.2 Å². The van der Waals surface area contributed by atoms with Crippen LogP contribution in [0, 0.1) is 0 Å². The normalized spacial score (nSPS) is 11.5. The van der Waals surface area contributed by atoms with Gasteiger partial charge in [-0.1, -0.05) is 32.9 Å². The first-order chi connectivity index (χ1) is 10.9. The molecule has 1 aromatic rings. The van der Waals surface area contributed by atoms with Gasteiger partial charge < -0.3 is 10.2 Å². The minimum atomic E-state index is -3.43. The zero-order chi connectivity index (χ0) is 17.5. The van der Waals surface area contributed by atoms with Crippen LogP contribution >= 0.6 is 0 Å². The summed E-state index contributed by atoms with van der Waals surface area (Å²) in [5.41, 5.74) is 0.863. The molecule has 23 heavy (non-hydrogen) atoms. The molecule has 0 spiro atoms. The zero-order valence-electron chi connectivity index (χ0n) is 14.4. The van der Waals surface area contributed by atoms with E-state index in [1.165, 1.54) is 4.31 Å². The Labute approximate surface area is 139 Å². The molecule has 7 heteroatoms. The summed E-state index contributed by atoms with van der Waals surface area (Å²) in [4.78, 5) is 13.7. The molecule has 0 aromatic heterocycles. The van der Waals surface area contributed by atoms with Crippen LogP contribution in [-0.2, 0) is 16.6 Å². The smallest absolute Gasteiger partial charge is 0.317 e. The molecule has 1 rings (SSSR count). The summed E-state index contributed by atoms with van der Waals surface area (Å²) in [5.74, 6) is 0. The fraction of sp³-hybridized carbons (Fsp3) is 0.562. The highest BCUT2D eigenvalue weighted by Gasteiger charge is 2.21. The molecule has 0 atom stereocenters. The van der Waals surface area contributed by atoms with Crippen LogP contribution in [0.15, 0.2) is 29.2 Å². The van der Waals surface area contributed by atoms with Crippen molar-refractivity contribution in [3.63, 3.8) is 0 Å². The molecule has 0 radical (unpaired) electrons. The average molecular weight is 341 g/mol. The number of rotatable bonds is 8. The number of carbonyl (C=O) groups is 1. The third kappa shape index (κ3) is 5.21. The molecule has 0 bridgehead atoms. The molecular formula is C16H27N3O3S. The monoisotopic (exact) mass is 341 g/mol. The van der Waals surface area contributed by atoms with Gasteiger partial charge in [-0.15, -0.1) is 0 Å². The van der Waals surface area contributed by atoms with E-state index >= 15 is 0 Å². The van der Waals surface area contributed by atoms with Crippen LogP contribution in [0.2, 0.25) is 0 Å². The van der Waals surface area contributed by atoms with E-state index in [-0.39, 0.29) is 10.9 Å². The number of benzene rings is 1. The first-order valence-corrected chi connectivity index (χ1v) is 9.38. The topological polar surface area (TPSA) is 69.7 Å². The third-order valence-corrected chi connectivity index (χ3v) is 5.68. The molecule has 0 aliphatic rings. The second-order valence-electron chi connectivity index (χ2n) is 5.31. The summed E-state index contributed by atoms with van der Waals surface area (Å²) in [6.07, 6.45) is 0.905. The summed E-state index contributed by atoms with van der Waals surface area (Å²) in [6.45, 7) is 7.61. The number of amides is 2. The Morgan fingerprint density at radius 3 is 2.13 bits per heavy atom. The van der Waals surface area contributed by atoms with E-state index in [1.54, 1.807) is 36.2 Å². The summed E-state index contributed by atoms with van der Waals surface area (Å²) >= 11 is 0. The average Bonchev–Trinajstić information content (AvgIpc) is 2.54. The first-order valence-electron chi connectivity index (χ1n) is 7.94. The number of hydrogen-bond donors (Lipinski definition) is 1. The molecule has 0 aliphatic carbocycles. The molecule has 1 N–H and O–H groups in total. The second-order valence-corrected chi connectivity index (χ2v) is 7.25. The summed E-state index contributed by atoms with van der Waals surface area (Å²) < 4.78 is 26.2. The van der Waals surface area contributed by atoms with Gasteiger partial charge in [0.1, 0.15) is 0 Å². The van der Waals surface area contributed by atoms with E-state index in [9.17, 15) is 13.2 Å². The molecule has 0 saturated heterocycles. The van der Waals surface area contributed by atoms with Gasteiger partial charge in [-0.3, -0.25) is 0 Å². The minimum Gasteiger partial charge on any atom is -0.334 e. The molecule has 0 fully saturated rings. The summed E-state index contributed by atoms with van der Waals surface area (Å²) in [6, 6.07) is 6.51. The Hall–Kier alpha value is -1.60. The molecule has 130 valence electrons. The van der Waals surface area contributed by atoms with Crippen molar-refractivity contribution in [1.29, 1.82) is 0 Å². The Morgan fingerprint density at radius 2 is 1.65 bits per heavy atom. The van der Waals surface area contributed by atoms with Crippen LogP contribution in [0.5, 0.6) is 0 Å². The quantitative estimate of drug-likeness (QED) is 0.788.